The van der Waals surface area contributed by atoms with E-state index in [-0.39, 0.29) is 23.6 Å². The van der Waals surface area contributed by atoms with Crippen LogP contribution in [0.15, 0.2) is 59.2 Å². The lowest BCUT2D eigenvalue weighted by Crippen LogP contribution is -2.45. The second-order valence-electron chi connectivity index (χ2n) is 8.57. The number of hydrogen-bond acceptors (Lipinski definition) is 7. The van der Waals surface area contributed by atoms with E-state index in [2.05, 4.69) is 31.0 Å². The van der Waals surface area contributed by atoms with Crippen LogP contribution in [0.1, 0.15) is 36.5 Å². The van der Waals surface area contributed by atoms with Crippen LogP contribution in [0.3, 0.4) is 0 Å². The highest BCUT2D eigenvalue weighted by Gasteiger charge is 2.26. The number of piperidine rings is 1. The summed E-state index contributed by atoms with van der Waals surface area (Å²) in [5.41, 5.74) is 1.79. The summed E-state index contributed by atoms with van der Waals surface area (Å²) in [6.07, 6.45) is 3.66. The minimum Gasteiger partial charge on any atom is -0.463 e. The number of carbonyl (C=O) groups excluding carboxylic acids is 3. The molecule has 3 amide bonds. The fourth-order valence-electron chi connectivity index (χ4n) is 4.01. The Labute approximate surface area is 209 Å². The Kier molecular flexibility index (Phi) is 8.28. The van der Waals surface area contributed by atoms with Gasteiger partial charge in [0.2, 0.25) is 11.8 Å². The molecule has 1 atom stereocenters. The van der Waals surface area contributed by atoms with Crippen molar-refractivity contribution in [1.29, 1.82) is 0 Å². The molecular weight excluding hydrogens is 460 g/mol. The maximum Gasteiger partial charge on any atom is 0.251 e. The highest BCUT2D eigenvalue weighted by atomic mass is 16.3. The fourth-order valence-corrected chi connectivity index (χ4v) is 4.01. The minimum absolute atomic E-state index is 0.0369. The summed E-state index contributed by atoms with van der Waals surface area (Å²) in [7, 11) is 0. The van der Waals surface area contributed by atoms with Gasteiger partial charge >= 0.3 is 0 Å². The van der Waals surface area contributed by atoms with E-state index in [1.165, 1.54) is 0 Å². The standard InChI is InChI=1S/C26H30N6O4/c1-2-24(33)29-20-9-7-18(8-10-20)25(34)27-13-14-28-26(35)19-5-3-15-32(17-19)23-12-11-21(30-31-23)22-6-4-16-36-22/h4,6-12,16,19H,2-3,5,13-15,17H2,1H3,(H,27,34)(H,28,35)(H,29,33). The number of rotatable bonds is 9. The SMILES string of the molecule is CCC(=O)Nc1ccc(C(=O)NCCNC(=O)C2CCCN(c3ccc(-c4ccco4)nn3)C2)cc1. The van der Waals surface area contributed by atoms with Crippen LogP contribution >= 0.6 is 0 Å². The summed E-state index contributed by atoms with van der Waals surface area (Å²) in [5, 5.41) is 17.0. The van der Waals surface area contributed by atoms with Crippen molar-refractivity contribution >= 4 is 29.2 Å². The lowest BCUT2D eigenvalue weighted by molar-refractivity contribution is -0.125. The first-order chi connectivity index (χ1) is 17.5. The van der Waals surface area contributed by atoms with E-state index in [0.717, 1.165) is 25.2 Å². The second-order valence-corrected chi connectivity index (χ2v) is 8.57. The van der Waals surface area contributed by atoms with Crippen molar-refractivity contribution in [3.63, 3.8) is 0 Å². The van der Waals surface area contributed by atoms with Crippen molar-refractivity contribution in [1.82, 2.24) is 20.8 Å². The maximum atomic E-state index is 12.7. The number of nitrogens with zero attached hydrogens (tertiary/aromatic N) is 3. The van der Waals surface area contributed by atoms with Gasteiger partial charge in [0.05, 0.1) is 12.2 Å². The summed E-state index contributed by atoms with van der Waals surface area (Å²) in [5.74, 6) is 0.875. The Balaban J connectivity index is 1.20. The van der Waals surface area contributed by atoms with Crippen molar-refractivity contribution in [2.75, 3.05) is 36.4 Å². The Bertz CT molecular complexity index is 1160. The molecule has 0 aliphatic carbocycles. The van der Waals surface area contributed by atoms with Crippen molar-refractivity contribution in [2.45, 2.75) is 26.2 Å². The third kappa shape index (κ3) is 6.47. The monoisotopic (exact) mass is 490 g/mol. The Hall–Kier alpha value is -4.21. The number of benzene rings is 1. The quantitative estimate of drug-likeness (QED) is 0.393. The van der Waals surface area contributed by atoms with E-state index in [4.69, 9.17) is 4.42 Å². The molecular formula is C26H30N6O4. The van der Waals surface area contributed by atoms with Crippen molar-refractivity contribution in [3.05, 3.63) is 60.4 Å². The number of aromatic nitrogens is 2. The van der Waals surface area contributed by atoms with Crippen LogP contribution in [0.2, 0.25) is 0 Å². The molecule has 0 bridgehead atoms. The molecule has 1 aliphatic heterocycles. The predicted octanol–water partition coefficient (Wildman–Crippen LogP) is 2.85. The first kappa shape index (κ1) is 24.9. The average molecular weight is 491 g/mol. The number of carbonyl (C=O) groups is 3. The first-order valence-electron chi connectivity index (χ1n) is 12.1. The zero-order chi connectivity index (χ0) is 25.3. The second kappa shape index (κ2) is 12.0. The molecule has 0 radical (unpaired) electrons. The van der Waals surface area contributed by atoms with Gasteiger partial charge in [0.15, 0.2) is 11.6 Å². The number of furan rings is 1. The summed E-state index contributed by atoms with van der Waals surface area (Å²) in [4.78, 5) is 38.6. The maximum absolute atomic E-state index is 12.7. The molecule has 0 spiro atoms. The molecule has 4 rings (SSSR count). The number of anilines is 2. The summed E-state index contributed by atoms with van der Waals surface area (Å²) < 4.78 is 5.35. The highest BCUT2D eigenvalue weighted by Crippen LogP contribution is 2.23. The predicted molar refractivity (Wildman–Crippen MR) is 135 cm³/mol. The van der Waals surface area contributed by atoms with Gasteiger partial charge in [-0.2, -0.15) is 0 Å². The number of amides is 3. The zero-order valence-corrected chi connectivity index (χ0v) is 20.2. The van der Waals surface area contributed by atoms with Crippen LogP contribution in [-0.4, -0.2) is 54.1 Å². The number of hydrogen-bond donors (Lipinski definition) is 3. The summed E-state index contributed by atoms with van der Waals surface area (Å²) >= 11 is 0. The van der Waals surface area contributed by atoms with Crippen LogP contribution in [-0.2, 0) is 9.59 Å². The van der Waals surface area contributed by atoms with Crippen molar-refractivity contribution < 1.29 is 18.8 Å². The molecule has 3 heterocycles. The molecule has 10 heteroatoms. The van der Waals surface area contributed by atoms with Gasteiger partial charge in [-0.1, -0.05) is 6.92 Å². The molecule has 1 aliphatic rings. The van der Waals surface area contributed by atoms with Crippen molar-refractivity contribution in [3.8, 4) is 11.5 Å². The molecule has 1 aromatic carbocycles. The normalized spacial score (nSPS) is 15.2. The third-order valence-electron chi connectivity index (χ3n) is 6.00. The van der Waals surface area contributed by atoms with Gasteiger partial charge in [0.25, 0.3) is 5.91 Å². The molecule has 188 valence electrons. The lowest BCUT2D eigenvalue weighted by Gasteiger charge is -2.32. The zero-order valence-electron chi connectivity index (χ0n) is 20.2. The summed E-state index contributed by atoms with van der Waals surface area (Å²) in [6, 6.07) is 14.1. The van der Waals surface area contributed by atoms with Crippen LogP contribution < -0.4 is 20.9 Å². The molecule has 1 saturated heterocycles. The molecule has 3 aromatic rings. The number of nitrogens with one attached hydrogen (secondary N) is 3. The van der Waals surface area contributed by atoms with Gasteiger partial charge in [-0.3, -0.25) is 14.4 Å². The topological polar surface area (TPSA) is 129 Å². The van der Waals surface area contributed by atoms with E-state index in [1.54, 1.807) is 43.5 Å². The van der Waals surface area contributed by atoms with Crippen molar-refractivity contribution in [2.24, 2.45) is 5.92 Å². The van der Waals surface area contributed by atoms with Gasteiger partial charge in [0.1, 0.15) is 5.69 Å². The van der Waals surface area contributed by atoms with Gasteiger partial charge < -0.3 is 25.3 Å². The molecule has 0 saturated carbocycles. The molecule has 2 aromatic heterocycles. The molecule has 10 nitrogen and oxygen atoms in total. The summed E-state index contributed by atoms with van der Waals surface area (Å²) in [6.45, 7) is 3.80. The third-order valence-corrected chi connectivity index (χ3v) is 6.00. The Morgan fingerprint density at radius 2 is 1.83 bits per heavy atom. The Morgan fingerprint density at radius 1 is 1.03 bits per heavy atom. The van der Waals surface area contributed by atoms with Gasteiger partial charge in [-0.15, -0.1) is 10.2 Å². The van der Waals surface area contributed by atoms with E-state index in [0.29, 0.717) is 48.8 Å². The minimum atomic E-state index is -0.238. The molecule has 3 N–H and O–H groups in total. The lowest BCUT2D eigenvalue weighted by atomic mass is 9.97. The van der Waals surface area contributed by atoms with E-state index >= 15 is 0 Å². The molecule has 1 fully saturated rings. The van der Waals surface area contributed by atoms with Crippen LogP contribution in [0, 0.1) is 5.92 Å². The molecule has 1 unspecified atom stereocenters. The smallest absolute Gasteiger partial charge is 0.251 e. The van der Waals surface area contributed by atoms with Crippen LogP contribution in [0.5, 0.6) is 0 Å². The van der Waals surface area contributed by atoms with E-state index in [1.807, 2.05) is 18.2 Å². The van der Waals surface area contributed by atoms with Gasteiger partial charge in [-0.05, 0) is 61.4 Å². The van der Waals surface area contributed by atoms with Crippen LogP contribution in [0.25, 0.3) is 11.5 Å². The van der Waals surface area contributed by atoms with E-state index in [9.17, 15) is 14.4 Å². The van der Waals surface area contributed by atoms with Gasteiger partial charge in [-0.25, -0.2) is 0 Å². The average Bonchev–Trinajstić information content (AvgIpc) is 3.46. The first-order valence-corrected chi connectivity index (χ1v) is 12.1. The van der Waals surface area contributed by atoms with E-state index < -0.39 is 0 Å². The largest absolute Gasteiger partial charge is 0.463 e. The Morgan fingerprint density at radius 3 is 2.53 bits per heavy atom. The fraction of sp³-hybridized carbons (Fsp3) is 0.346. The van der Waals surface area contributed by atoms with Crippen LogP contribution in [0.4, 0.5) is 11.5 Å². The van der Waals surface area contributed by atoms with Gasteiger partial charge in [0, 0.05) is 43.9 Å². The molecule has 36 heavy (non-hydrogen) atoms. The highest BCUT2D eigenvalue weighted by molar-refractivity contribution is 5.95.